The highest BCUT2D eigenvalue weighted by molar-refractivity contribution is 7.89. The first-order chi connectivity index (χ1) is 10.8. The summed E-state index contributed by atoms with van der Waals surface area (Å²) in [5.74, 6) is -1.85. The predicted octanol–water partition coefficient (Wildman–Crippen LogP) is 0.967. The SMILES string of the molecule is CCCN(CC(=O)O)S(=O)(=O)c1ccc(OC)c(C(=O)OC)c1. The van der Waals surface area contributed by atoms with Crippen molar-refractivity contribution in [3.05, 3.63) is 23.8 Å². The van der Waals surface area contributed by atoms with Crippen LogP contribution >= 0.6 is 0 Å². The van der Waals surface area contributed by atoms with Crippen molar-refractivity contribution in [3.63, 3.8) is 0 Å². The maximum atomic E-state index is 12.6. The Balaban J connectivity index is 3.36. The second kappa shape index (κ2) is 7.93. The van der Waals surface area contributed by atoms with Crippen molar-refractivity contribution in [1.29, 1.82) is 0 Å². The highest BCUT2D eigenvalue weighted by atomic mass is 32.2. The van der Waals surface area contributed by atoms with Crippen LogP contribution in [-0.4, -0.2) is 57.1 Å². The number of esters is 1. The molecule has 0 unspecified atom stereocenters. The molecule has 0 heterocycles. The molecular formula is C14H19NO7S. The molecule has 0 amide bonds. The van der Waals surface area contributed by atoms with Crippen molar-refractivity contribution in [2.45, 2.75) is 18.2 Å². The fourth-order valence-electron chi connectivity index (χ4n) is 1.95. The Kier molecular flexibility index (Phi) is 6.52. The van der Waals surface area contributed by atoms with Crippen molar-refractivity contribution in [3.8, 4) is 5.75 Å². The Labute approximate surface area is 134 Å². The summed E-state index contributed by atoms with van der Waals surface area (Å²) in [5.41, 5.74) is -0.0529. The van der Waals surface area contributed by atoms with E-state index >= 15 is 0 Å². The third-order valence-corrected chi connectivity index (χ3v) is 4.84. The predicted molar refractivity (Wildman–Crippen MR) is 81.0 cm³/mol. The Hall–Kier alpha value is -2.13. The molecule has 8 nitrogen and oxygen atoms in total. The lowest BCUT2D eigenvalue weighted by molar-refractivity contribution is -0.137. The molecule has 0 bridgehead atoms. The van der Waals surface area contributed by atoms with Gasteiger partial charge in [-0.15, -0.1) is 0 Å². The lowest BCUT2D eigenvalue weighted by Crippen LogP contribution is -2.36. The van der Waals surface area contributed by atoms with E-state index in [0.29, 0.717) is 6.42 Å². The summed E-state index contributed by atoms with van der Waals surface area (Å²) in [6, 6.07) is 3.69. The number of aliphatic carboxylic acids is 1. The zero-order valence-electron chi connectivity index (χ0n) is 13.1. The van der Waals surface area contributed by atoms with Gasteiger partial charge in [-0.25, -0.2) is 13.2 Å². The van der Waals surface area contributed by atoms with Gasteiger partial charge in [-0.2, -0.15) is 4.31 Å². The van der Waals surface area contributed by atoms with Gasteiger partial charge in [0, 0.05) is 6.54 Å². The molecule has 9 heteroatoms. The van der Waals surface area contributed by atoms with Gasteiger partial charge in [-0.05, 0) is 24.6 Å². The molecule has 1 aromatic carbocycles. The second-order valence-electron chi connectivity index (χ2n) is 4.59. The van der Waals surface area contributed by atoms with Crippen molar-refractivity contribution in [1.82, 2.24) is 4.31 Å². The van der Waals surface area contributed by atoms with Gasteiger partial charge in [-0.1, -0.05) is 6.92 Å². The molecule has 0 radical (unpaired) electrons. The van der Waals surface area contributed by atoms with E-state index in [9.17, 15) is 18.0 Å². The molecule has 0 aliphatic carbocycles. The van der Waals surface area contributed by atoms with Crippen LogP contribution in [0.2, 0.25) is 0 Å². The van der Waals surface area contributed by atoms with Crippen LogP contribution in [0.5, 0.6) is 5.75 Å². The van der Waals surface area contributed by atoms with Crippen LogP contribution in [-0.2, 0) is 19.6 Å². The molecular weight excluding hydrogens is 326 g/mol. The van der Waals surface area contributed by atoms with Crippen molar-refractivity contribution >= 4 is 22.0 Å². The van der Waals surface area contributed by atoms with Gasteiger partial charge in [0.15, 0.2) is 0 Å². The van der Waals surface area contributed by atoms with Crippen LogP contribution < -0.4 is 4.74 Å². The number of carbonyl (C=O) groups is 2. The van der Waals surface area contributed by atoms with Crippen LogP contribution in [0.25, 0.3) is 0 Å². The second-order valence-corrected chi connectivity index (χ2v) is 6.52. The monoisotopic (exact) mass is 345 g/mol. The lowest BCUT2D eigenvalue weighted by Gasteiger charge is -2.20. The molecule has 1 rings (SSSR count). The van der Waals surface area contributed by atoms with Gasteiger partial charge in [0.2, 0.25) is 10.0 Å². The number of hydrogen-bond acceptors (Lipinski definition) is 6. The number of ether oxygens (including phenoxy) is 2. The zero-order valence-corrected chi connectivity index (χ0v) is 13.9. The third-order valence-electron chi connectivity index (χ3n) is 3.00. The van der Waals surface area contributed by atoms with Crippen molar-refractivity contribution in [2.24, 2.45) is 0 Å². The van der Waals surface area contributed by atoms with Crippen molar-refractivity contribution in [2.75, 3.05) is 27.3 Å². The maximum Gasteiger partial charge on any atom is 0.341 e. The number of benzene rings is 1. The van der Waals surface area contributed by atoms with E-state index in [4.69, 9.17) is 9.84 Å². The van der Waals surface area contributed by atoms with E-state index in [-0.39, 0.29) is 22.8 Å². The minimum Gasteiger partial charge on any atom is -0.496 e. The molecule has 128 valence electrons. The number of methoxy groups -OCH3 is 2. The highest BCUT2D eigenvalue weighted by Gasteiger charge is 2.27. The lowest BCUT2D eigenvalue weighted by atomic mass is 10.2. The van der Waals surface area contributed by atoms with E-state index in [1.807, 2.05) is 0 Å². The van der Waals surface area contributed by atoms with Gasteiger partial charge in [0.25, 0.3) is 0 Å². The molecule has 0 aromatic heterocycles. The van der Waals surface area contributed by atoms with Crippen molar-refractivity contribution < 1.29 is 32.6 Å². The van der Waals surface area contributed by atoms with E-state index in [0.717, 1.165) is 17.5 Å². The van der Waals surface area contributed by atoms with Crippen LogP contribution in [0.3, 0.4) is 0 Å². The molecule has 0 atom stereocenters. The number of rotatable bonds is 8. The Bertz CT molecular complexity index is 684. The fourth-order valence-corrected chi connectivity index (χ4v) is 3.46. The molecule has 0 aliphatic heterocycles. The molecule has 0 aliphatic rings. The number of hydrogen-bond donors (Lipinski definition) is 1. The molecule has 1 N–H and O–H groups in total. The number of carbonyl (C=O) groups excluding carboxylic acids is 1. The number of carboxylic acids is 1. The quantitative estimate of drug-likeness (QED) is 0.699. The zero-order chi connectivity index (χ0) is 17.6. The van der Waals surface area contributed by atoms with E-state index in [1.54, 1.807) is 6.92 Å². The maximum absolute atomic E-state index is 12.6. The average Bonchev–Trinajstić information content (AvgIpc) is 2.52. The number of carboxylic acid groups (broad SMARTS) is 1. The number of sulfonamides is 1. The Morgan fingerprint density at radius 3 is 2.39 bits per heavy atom. The largest absolute Gasteiger partial charge is 0.496 e. The highest BCUT2D eigenvalue weighted by Crippen LogP contribution is 2.25. The molecule has 0 fully saturated rings. The summed E-state index contributed by atoms with van der Waals surface area (Å²) in [7, 11) is -1.56. The van der Waals surface area contributed by atoms with Crippen LogP contribution in [0.15, 0.2) is 23.1 Å². The van der Waals surface area contributed by atoms with Crippen LogP contribution in [0.4, 0.5) is 0 Å². The van der Waals surface area contributed by atoms with Gasteiger partial charge in [0.1, 0.15) is 17.9 Å². The summed E-state index contributed by atoms with van der Waals surface area (Å²) < 4.78 is 35.6. The van der Waals surface area contributed by atoms with Gasteiger partial charge >= 0.3 is 11.9 Å². The van der Waals surface area contributed by atoms with E-state index in [2.05, 4.69) is 4.74 Å². The van der Waals surface area contributed by atoms with E-state index in [1.165, 1.54) is 19.2 Å². The Morgan fingerprint density at radius 1 is 1.26 bits per heavy atom. The summed E-state index contributed by atoms with van der Waals surface area (Å²) >= 11 is 0. The normalized spacial score (nSPS) is 11.3. The first-order valence-electron chi connectivity index (χ1n) is 6.76. The fraction of sp³-hybridized carbons (Fsp3) is 0.429. The smallest absolute Gasteiger partial charge is 0.341 e. The molecule has 1 aromatic rings. The summed E-state index contributed by atoms with van der Waals surface area (Å²) in [5, 5.41) is 8.88. The topological polar surface area (TPSA) is 110 Å². The van der Waals surface area contributed by atoms with Crippen LogP contribution in [0, 0.1) is 0 Å². The van der Waals surface area contributed by atoms with Gasteiger partial charge in [-0.3, -0.25) is 4.79 Å². The number of nitrogens with zero attached hydrogens (tertiary/aromatic N) is 1. The minimum absolute atomic E-state index is 0.0498. The van der Waals surface area contributed by atoms with Crippen LogP contribution in [0.1, 0.15) is 23.7 Å². The van der Waals surface area contributed by atoms with E-state index < -0.39 is 28.5 Å². The molecule has 23 heavy (non-hydrogen) atoms. The summed E-state index contributed by atoms with van der Waals surface area (Å²) in [6.07, 6.45) is 0.451. The Morgan fingerprint density at radius 2 is 1.91 bits per heavy atom. The summed E-state index contributed by atoms with van der Waals surface area (Å²) in [6.45, 7) is 1.13. The average molecular weight is 345 g/mol. The first kappa shape index (κ1) is 18.9. The summed E-state index contributed by atoms with van der Waals surface area (Å²) in [4.78, 5) is 22.4. The van der Waals surface area contributed by atoms with Gasteiger partial charge in [0.05, 0.1) is 19.1 Å². The van der Waals surface area contributed by atoms with Gasteiger partial charge < -0.3 is 14.6 Å². The standard InChI is InChI=1S/C14H19NO7S/c1-4-7-15(9-13(16)17)23(19,20)10-5-6-12(21-2)11(8-10)14(18)22-3/h5-6,8H,4,7,9H2,1-3H3,(H,16,17). The molecule has 0 spiro atoms. The molecule has 0 saturated carbocycles. The molecule has 0 saturated heterocycles. The first-order valence-corrected chi connectivity index (χ1v) is 8.20. The third kappa shape index (κ3) is 4.42. The minimum atomic E-state index is -4.06.